The fourth-order valence-electron chi connectivity index (χ4n) is 1.72. The topological polar surface area (TPSA) is 20.3 Å². The second-order valence-corrected chi connectivity index (χ2v) is 5.59. The van der Waals surface area contributed by atoms with Gasteiger partial charge >= 0.3 is 0 Å². The average molecular weight is 339 g/mol. The fraction of sp³-hybridized carbons (Fsp3) is 0.357. The summed E-state index contributed by atoms with van der Waals surface area (Å²) in [4.78, 5) is 14.0. The van der Waals surface area contributed by atoms with Gasteiger partial charge in [0.2, 0.25) is 0 Å². The third-order valence-corrected chi connectivity index (χ3v) is 3.56. The lowest BCUT2D eigenvalue weighted by molar-refractivity contribution is 0.0770. The Bertz CT molecular complexity index is 442. The van der Waals surface area contributed by atoms with Crippen LogP contribution in [0.3, 0.4) is 0 Å². The zero-order chi connectivity index (χ0) is 12.3. The molecule has 0 atom stereocenters. The first-order chi connectivity index (χ1) is 8.20. The summed E-state index contributed by atoms with van der Waals surface area (Å²) in [6.07, 6.45) is 7.77. The lowest BCUT2D eigenvalue weighted by Gasteiger charge is -2.20. The van der Waals surface area contributed by atoms with Gasteiger partial charge < -0.3 is 4.90 Å². The predicted octanol–water partition coefficient (Wildman–Crippen LogP) is 2.78. The molecule has 0 aliphatic heterocycles. The molecule has 17 heavy (non-hydrogen) atoms. The molecule has 0 aromatic heterocycles. The van der Waals surface area contributed by atoms with Gasteiger partial charge in [-0.25, -0.2) is 0 Å². The second kappa shape index (κ2) is 5.54. The molecule has 1 amide bonds. The normalized spacial score (nSPS) is 14.1. The zero-order valence-corrected chi connectivity index (χ0v) is 11.7. The van der Waals surface area contributed by atoms with Gasteiger partial charge in [-0.1, -0.05) is 5.92 Å². The highest BCUT2D eigenvalue weighted by molar-refractivity contribution is 14.1. The Morgan fingerprint density at radius 2 is 2.06 bits per heavy atom. The van der Waals surface area contributed by atoms with Crippen molar-refractivity contribution in [2.75, 3.05) is 13.1 Å². The van der Waals surface area contributed by atoms with Crippen molar-refractivity contribution in [1.82, 2.24) is 4.90 Å². The van der Waals surface area contributed by atoms with Crippen molar-refractivity contribution in [3.8, 4) is 12.3 Å². The van der Waals surface area contributed by atoms with Gasteiger partial charge in [-0.2, -0.15) is 0 Å². The van der Waals surface area contributed by atoms with Crippen molar-refractivity contribution in [2.45, 2.75) is 12.8 Å². The molecule has 0 spiro atoms. The van der Waals surface area contributed by atoms with Crippen LogP contribution in [0.15, 0.2) is 24.3 Å². The maximum absolute atomic E-state index is 12.2. The van der Waals surface area contributed by atoms with E-state index in [1.165, 1.54) is 12.8 Å². The zero-order valence-electron chi connectivity index (χ0n) is 9.53. The number of halogens is 1. The van der Waals surface area contributed by atoms with Gasteiger partial charge in [-0.15, -0.1) is 6.42 Å². The first kappa shape index (κ1) is 12.4. The first-order valence-corrected chi connectivity index (χ1v) is 6.77. The number of carbonyl (C=O) groups is 1. The maximum Gasteiger partial charge on any atom is 0.254 e. The van der Waals surface area contributed by atoms with Crippen LogP contribution >= 0.6 is 22.6 Å². The van der Waals surface area contributed by atoms with Crippen LogP contribution in [-0.4, -0.2) is 23.9 Å². The van der Waals surface area contributed by atoms with Crippen LogP contribution in [0.1, 0.15) is 23.2 Å². The van der Waals surface area contributed by atoms with Crippen molar-refractivity contribution in [3.05, 3.63) is 33.4 Å². The number of amides is 1. The first-order valence-electron chi connectivity index (χ1n) is 5.69. The molecule has 0 bridgehead atoms. The SMILES string of the molecule is C#CCN(CC1CC1)C(=O)c1ccc(I)cc1. The number of rotatable bonds is 4. The van der Waals surface area contributed by atoms with E-state index in [0.29, 0.717) is 12.5 Å². The van der Waals surface area contributed by atoms with Crippen LogP contribution in [0, 0.1) is 21.8 Å². The molecular formula is C14H14INO. The summed E-state index contributed by atoms with van der Waals surface area (Å²) >= 11 is 2.23. The molecule has 1 aromatic rings. The van der Waals surface area contributed by atoms with E-state index in [1.807, 2.05) is 24.3 Å². The van der Waals surface area contributed by atoms with E-state index < -0.39 is 0 Å². The lowest BCUT2D eigenvalue weighted by atomic mass is 10.2. The minimum atomic E-state index is 0.0475. The van der Waals surface area contributed by atoms with E-state index in [0.717, 1.165) is 15.7 Å². The molecule has 1 aliphatic rings. The summed E-state index contributed by atoms with van der Waals surface area (Å²) < 4.78 is 1.13. The van der Waals surface area contributed by atoms with E-state index in [-0.39, 0.29) is 5.91 Å². The summed E-state index contributed by atoms with van der Waals surface area (Å²) in [6, 6.07) is 7.61. The van der Waals surface area contributed by atoms with E-state index in [1.54, 1.807) is 4.90 Å². The van der Waals surface area contributed by atoms with Crippen LogP contribution in [0.4, 0.5) is 0 Å². The van der Waals surface area contributed by atoms with Crippen LogP contribution in [0.2, 0.25) is 0 Å². The molecule has 1 fully saturated rings. The van der Waals surface area contributed by atoms with Crippen LogP contribution in [0.5, 0.6) is 0 Å². The van der Waals surface area contributed by atoms with E-state index in [9.17, 15) is 4.79 Å². The number of nitrogens with zero attached hydrogens (tertiary/aromatic N) is 1. The molecule has 0 saturated heterocycles. The highest BCUT2D eigenvalue weighted by Gasteiger charge is 2.26. The molecular weight excluding hydrogens is 325 g/mol. The van der Waals surface area contributed by atoms with Crippen molar-refractivity contribution in [1.29, 1.82) is 0 Å². The summed E-state index contributed by atoms with van der Waals surface area (Å²) in [6.45, 7) is 1.20. The van der Waals surface area contributed by atoms with Gasteiger partial charge in [0.25, 0.3) is 5.91 Å². The third kappa shape index (κ3) is 3.47. The molecule has 0 N–H and O–H groups in total. The molecule has 3 heteroatoms. The molecule has 2 rings (SSSR count). The van der Waals surface area contributed by atoms with Gasteiger partial charge in [0, 0.05) is 15.7 Å². The van der Waals surface area contributed by atoms with Crippen LogP contribution in [0.25, 0.3) is 0 Å². The Hall–Kier alpha value is -1.02. The Balaban J connectivity index is 2.09. The summed E-state index contributed by atoms with van der Waals surface area (Å²) in [5, 5.41) is 0. The van der Waals surface area contributed by atoms with Crippen molar-refractivity contribution in [2.24, 2.45) is 5.92 Å². The third-order valence-electron chi connectivity index (χ3n) is 2.84. The predicted molar refractivity (Wildman–Crippen MR) is 76.6 cm³/mol. The molecule has 0 unspecified atom stereocenters. The Morgan fingerprint density at radius 1 is 1.41 bits per heavy atom. The number of benzene rings is 1. The highest BCUT2D eigenvalue weighted by Crippen LogP contribution is 2.30. The van der Waals surface area contributed by atoms with Crippen molar-refractivity contribution in [3.63, 3.8) is 0 Å². The minimum Gasteiger partial charge on any atom is -0.327 e. The largest absolute Gasteiger partial charge is 0.327 e. The average Bonchev–Trinajstić information content (AvgIpc) is 3.13. The summed E-state index contributed by atoms with van der Waals surface area (Å²) in [5.74, 6) is 3.28. The number of carbonyl (C=O) groups excluding carboxylic acids is 1. The molecule has 0 radical (unpaired) electrons. The Kier molecular flexibility index (Phi) is 4.06. The molecule has 1 aliphatic carbocycles. The summed E-state index contributed by atoms with van der Waals surface area (Å²) in [5.41, 5.74) is 0.723. The molecule has 2 nitrogen and oxygen atoms in total. The highest BCUT2D eigenvalue weighted by atomic mass is 127. The molecule has 1 aromatic carbocycles. The fourth-order valence-corrected chi connectivity index (χ4v) is 2.08. The quantitative estimate of drug-likeness (QED) is 0.610. The van der Waals surface area contributed by atoms with Gasteiger partial charge in [-0.05, 0) is 65.6 Å². The van der Waals surface area contributed by atoms with Gasteiger partial charge in [0.05, 0.1) is 6.54 Å². The van der Waals surface area contributed by atoms with Crippen LogP contribution < -0.4 is 0 Å². The molecule has 88 valence electrons. The number of terminal acetylenes is 1. The molecule has 0 heterocycles. The van der Waals surface area contributed by atoms with Gasteiger partial charge in [0.15, 0.2) is 0 Å². The lowest BCUT2D eigenvalue weighted by Crippen LogP contribution is -2.33. The Labute approximate surface area is 116 Å². The summed E-state index contributed by atoms with van der Waals surface area (Å²) in [7, 11) is 0. The van der Waals surface area contributed by atoms with Crippen molar-refractivity contribution < 1.29 is 4.79 Å². The maximum atomic E-state index is 12.2. The van der Waals surface area contributed by atoms with Gasteiger partial charge in [-0.3, -0.25) is 4.79 Å². The van der Waals surface area contributed by atoms with E-state index >= 15 is 0 Å². The number of hydrogen-bond donors (Lipinski definition) is 0. The van der Waals surface area contributed by atoms with E-state index in [4.69, 9.17) is 6.42 Å². The molecule has 1 saturated carbocycles. The monoisotopic (exact) mass is 339 g/mol. The van der Waals surface area contributed by atoms with Crippen LogP contribution in [-0.2, 0) is 0 Å². The smallest absolute Gasteiger partial charge is 0.254 e. The Morgan fingerprint density at radius 3 is 2.59 bits per heavy atom. The minimum absolute atomic E-state index is 0.0475. The standard InChI is InChI=1S/C14H14INO/c1-2-9-16(10-11-3-4-11)14(17)12-5-7-13(15)8-6-12/h1,5-8,11H,3-4,9-10H2. The number of hydrogen-bond acceptors (Lipinski definition) is 1. The van der Waals surface area contributed by atoms with Crippen molar-refractivity contribution >= 4 is 28.5 Å². The second-order valence-electron chi connectivity index (χ2n) is 4.34. The van der Waals surface area contributed by atoms with E-state index in [2.05, 4.69) is 28.5 Å². The van der Waals surface area contributed by atoms with Gasteiger partial charge in [0.1, 0.15) is 0 Å².